The highest BCUT2D eigenvalue weighted by Gasteiger charge is 2.16. The topological polar surface area (TPSA) is 132 Å². The van der Waals surface area contributed by atoms with Crippen LogP contribution in [0.4, 0.5) is 4.79 Å². The van der Waals surface area contributed by atoms with Crippen LogP contribution in [0, 0.1) is 0 Å². The van der Waals surface area contributed by atoms with Crippen LogP contribution < -0.4 is 27.5 Å². The van der Waals surface area contributed by atoms with Crippen LogP contribution in [0.5, 0.6) is 0 Å². The van der Waals surface area contributed by atoms with Crippen LogP contribution in [-0.2, 0) is 11.3 Å². The van der Waals surface area contributed by atoms with E-state index in [0.717, 1.165) is 19.6 Å². The molecular weight excluding hydrogens is 340 g/mol. The maximum atomic E-state index is 11.7. The molecule has 0 saturated heterocycles. The normalized spacial score (nSPS) is 10.7. The van der Waals surface area contributed by atoms with E-state index in [1.165, 1.54) is 0 Å². The molecule has 1 heterocycles. The largest absolute Gasteiger partial charge is 0.519 e. The summed E-state index contributed by atoms with van der Waals surface area (Å²) >= 11 is 0. The maximum absolute atomic E-state index is 11.7. The number of benzene rings is 1. The third-order valence-electron chi connectivity index (χ3n) is 3.39. The highest BCUT2D eigenvalue weighted by molar-refractivity contribution is 5.67. The predicted molar refractivity (Wildman–Crippen MR) is 95.7 cm³/mol. The minimum atomic E-state index is -0.838. The monoisotopic (exact) mass is 364 g/mol. The van der Waals surface area contributed by atoms with Crippen molar-refractivity contribution in [2.24, 2.45) is 5.73 Å². The Morgan fingerprint density at radius 1 is 1.00 bits per heavy atom. The number of amides is 1. The molecule has 0 radical (unpaired) electrons. The molecule has 9 heteroatoms. The van der Waals surface area contributed by atoms with Gasteiger partial charge in [0.05, 0.1) is 0 Å². The number of ether oxygens (including phenoxy) is 1. The Bertz CT molecular complexity index is 713. The lowest BCUT2D eigenvalue weighted by atomic mass is 10.1. The lowest BCUT2D eigenvalue weighted by molar-refractivity contribution is 0.130. The van der Waals surface area contributed by atoms with E-state index in [1.54, 1.807) is 24.3 Å². The van der Waals surface area contributed by atoms with E-state index in [4.69, 9.17) is 19.3 Å². The molecule has 1 amide bonds. The summed E-state index contributed by atoms with van der Waals surface area (Å²) in [6, 6.07) is 8.99. The number of carbonyl (C=O) groups is 1. The predicted octanol–water partition coefficient (Wildman–Crippen LogP) is 0.264. The number of nitrogens with two attached hydrogens (primary N) is 1. The van der Waals surface area contributed by atoms with Crippen LogP contribution in [0.25, 0.3) is 11.3 Å². The number of rotatable bonds is 11. The van der Waals surface area contributed by atoms with Gasteiger partial charge < -0.3 is 35.3 Å². The van der Waals surface area contributed by atoms with Crippen LogP contribution in [-0.4, -0.2) is 45.4 Å². The van der Waals surface area contributed by atoms with E-state index < -0.39 is 11.9 Å². The Morgan fingerprint density at radius 3 is 2.42 bits per heavy atom. The van der Waals surface area contributed by atoms with Crippen molar-refractivity contribution in [1.82, 2.24) is 16.0 Å². The van der Waals surface area contributed by atoms with E-state index in [9.17, 15) is 9.59 Å². The summed E-state index contributed by atoms with van der Waals surface area (Å²) in [6.45, 7) is 3.79. The summed E-state index contributed by atoms with van der Waals surface area (Å²) in [5.74, 6) is -0.411. The molecule has 1 aromatic heterocycles. The average molecular weight is 364 g/mol. The van der Waals surface area contributed by atoms with Gasteiger partial charge in [-0.2, -0.15) is 0 Å². The van der Waals surface area contributed by atoms with E-state index >= 15 is 0 Å². The molecule has 1 aromatic carbocycles. The first kappa shape index (κ1) is 19.7. The van der Waals surface area contributed by atoms with Gasteiger partial charge in [-0.3, -0.25) is 0 Å². The van der Waals surface area contributed by atoms with E-state index in [-0.39, 0.29) is 18.1 Å². The number of hydrogen-bond acceptors (Lipinski definition) is 8. The molecule has 5 N–H and O–H groups in total. The number of hydrogen-bond donors (Lipinski definition) is 4. The second kappa shape index (κ2) is 11.1. The molecular formula is C17H24N4O5. The molecule has 2 aromatic rings. The van der Waals surface area contributed by atoms with E-state index in [2.05, 4.69) is 16.0 Å². The van der Waals surface area contributed by atoms with Crippen molar-refractivity contribution in [3.63, 3.8) is 0 Å². The van der Waals surface area contributed by atoms with Crippen LogP contribution in [0.15, 0.2) is 44.0 Å². The summed E-state index contributed by atoms with van der Waals surface area (Å²) in [6.07, 6.45) is -0.601. The molecule has 0 fully saturated rings. The maximum Gasteiger partial charge on any atom is 0.519 e. The molecule has 0 aliphatic carbocycles. The first-order valence-electron chi connectivity index (χ1n) is 8.41. The van der Waals surface area contributed by atoms with Gasteiger partial charge in [0.15, 0.2) is 18.1 Å². The van der Waals surface area contributed by atoms with Gasteiger partial charge >= 0.3 is 11.9 Å². The summed E-state index contributed by atoms with van der Waals surface area (Å²) in [5.41, 5.74) is 6.04. The van der Waals surface area contributed by atoms with Crippen LogP contribution in [0.1, 0.15) is 5.76 Å². The van der Waals surface area contributed by atoms with Gasteiger partial charge in [0, 0.05) is 44.8 Å². The minimum absolute atomic E-state index is 0.167. The highest BCUT2D eigenvalue weighted by Crippen LogP contribution is 2.23. The fourth-order valence-electron chi connectivity index (χ4n) is 2.18. The van der Waals surface area contributed by atoms with Crippen molar-refractivity contribution in [2.45, 2.75) is 6.61 Å². The van der Waals surface area contributed by atoms with Gasteiger partial charge in [-0.15, -0.1) is 0 Å². The molecule has 26 heavy (non-hydrogen) atoms. The molecule has 142 valence electrons. The van der Waals surface area contributed by atoms with Crippen molar-refractivity contribution >= 4 is 6.09 Å². The Kier molecular flexibility index (Phi) is 8.40. The third-order valence-corrected chi connectivity index (χ3v) is 3.39. The Morgan fingerprint density at radius 2 is 1.69 bits per heavy atom. The Balaban J connectivity index is 1.69. The van der Waals surface area contributed by atoms with Crippen molar-refractivity contribution in [2.75, 3.05) is 39.3 Å². The van der Waals surface area contributed by atoms with Gasteiger partial charge in [0.1, 0.15) is 0 Å². The van der Waals surface area contributed by atoms with Crippen molar-refractivity contribution in [3.8, 4) is 11.3 Å². The molecule has 0 aliphatic heterocycles. The van der Waals surface area contributed by atoms with Crippen LogP contribution in [0.3, 0.4) is 0 Å². The smallest absolute Gasteiger partial charge is 0.441 e. The Hall–Kier alpha value is -2.62. The number of alkyl carbamates (subject to hydrolysis) is 1. The molecule has 2 rings (SSSR count). The van der Waals surface area contributed by atoms with Gasteiger partial charge in [-0.25, -0.2) is 9.59 Å². The van der Waals surface area contributed by atoms with E-state index in [0.29, 0.717) is 25.2 Å². The standard InChI is InChI=1S/C17H24N4O5/c18-6-7-19-8-9-20-10-11-21-16(22)24-12-14-15(26-17(23)25-14)13-4-2-1-3-5-13/h1-5,19-20H,6-12,18H2,(H,21,22). The molecule has 0 bridgehead atoms. The lowest BCUT2D eigenvalue weighted by Crippen LogP contribution is -2.36. The van der Waals surface area contributed by atoms with Gasteiger partial charge in [0.2, 0.25) is 0 Å². The highest BCUT2D eigenvalue weighted by atomic mass is 16.6. The zero-order valence-electron chi connectivity index (χ0n) is 14.5. The SMILES string of the molecule is NCCNCCNCCNC(=O)OCc1oc(=O)oc1-c1ccccc1. The second-order valence-corrected chi connectivity index (χ2v) is 5.36. The summed E-state index contributed by atoms with van der Waals surface area (Å²) in [7, 11) is 0. The first-order chi connectivity index (χ1) is 12.7. The van der Waals surface area contributed by atoms with Gasteiger partial charge in [0.25, 0.3) is 0 Å². The first-order valence-corrected chi connectivity index (χ1v) is 8.41. The minimum Gasteiger partial charge on any atom is -0.441 e. The molecule has 0 atom stereocenters. The molecule has 0 spiro atoms. The number of nitrogens with one attached hydrogen (secondary N) is 3. The summed E-state index contributed by atoms with van der Waals surface area (Å²) in [5, 5.41) is 8.92. The lowest BCUT2D eigenvalue weighted by Gasteiger charge is -2.08. The van der Waals surface area contributed by atoms with Crippen molar-refractivity contribution in [3.05, 3.63) is 46.7 Å². The molecule has 0 aliphatic rings. The van der Waals surface area contributed by atoms with Gasteiger partial charge in [-0.05, 0) is 0 Å². The summed E-state index contributed by atoms with van der Waals surface area (Å²) < 4.78 is 15.0. The zero-order chi connectivity index (χ0) is 18.6. The fraction of sp³-hybridized carbons (Fsp3) is 0.412. The Labute approximate surface area is 150 Å². The second-order valence-electron chi connectivity index (χ2n) is 5.36. The molecule has 9 nitrogen and oxygen atoms in total. The van der Waals surface area contributed by atoms with E-state index in [1.807, 2.05) is 6.07 Å². The molecule has 0 saturated carbocycles. The van der Waals surface area contributed by atoms with Crippen molar-refractivity contribution < 1.29 is 18.4 Å². The third kappa shape index (κ3) is 6.71. The fourth-order valence-corrected chi connectivity index (χ4v) is 2.18. The molecule has 0 unspecified atom stereocenters. The van der Waals surface area contributed by atoms with Gasteiger partial charge in [-0.1, -0.05) is 30.3 Å². The summed E-state index contributed by atoms with van der Waals surface area (Å²) in [4.78, 5) is 23.1. The zero-order valence-corrected chi connectivity index (χ0v) is 14.5. The van der Waals surface area contributed by atoms with Crippen LogP contribution >= 0.6 is 0 Å². The van der Waals surface area contributed by atoms with Crippen LogP contribution in [0.2, 0.25) is 0 Å². The van der Waals surface area contributed by atoms with Crippen molar-refractivity contribution in [1.29, 1.82) is 0 Å². The quantitative estimate of drug-likeness (QED) is 0.418. The average Bonchev–Trinajstić information content (AvgIpc) is 3.03. The number of carbonyl (C=O) groups excluding carboxylic acids is 1.